The Morgan fingerprint density at radius 2 is 2.26 bits per heavy atom. The highest BCUT2D eigenvalue weighted by Crippen LogP contribution is 2.21. The van der Waals surface area contributed by atoms with Crippen molar-refractivity contribution < 1.29 is 13.6 Å². The van der Waals surface area contributed by atoms with Crippen LogP contribution in [0.2, 0.25) is 0 Å². The van der Waals surface area contributed by atoms with E-state index in [2.05, 4.69) is 29.9 Å². The van der Waals surface area contributed by atoms with E-state index in [-0.39, 0.29) is 12.4 Å². The fourth-order valence-electron chi connectivity index (χ4n) is 1.64. The molecule has 3 aromatic rings. The topological polar surface area (TPSA) is 112 Å². The van der Waals surface area contributed by atoms with E-state index >= 15 is 0 Å². The summed E-state index contributed by atoms with van der Waals surface area (Å²) in [5.74, 6) is 0.555. The van der Waals surface area contributed by atoms with E-state index in [0.717, 1.165) is 0 Å². The van der Waals surface area contributed by atoms with Crippen molar-refractivity contribution in [3.63, 3.8) is 0 Å². The van der Waals surface area contributed by atoms with Crippen LogP contribution in [0.1, 0.15) is 5.76 Å². The van der Waals surface area contributed by atoms with Gasteiger partial charge in [0.1, 0.15) is 5.76 Å². The van der Waals surface area contributed by atoms with Gasteiger partial charge < -0.3 is 9.73 Å². The van der Waals surface area contributed by atoms with Crippen LogP contribution in [0.4, 0.5) is 5.82 Å². The molecule has 0 aliphatic rings. The average Bonchev–Trinajstić information content (AvgIpc) is 3.12. The van der Waals surface area contributed by atoms with Crippen LogP contribution < -0.4 is 11.1 Å². The average molecular weight is 263 g/mol. The van der Waals surface area contributed by atoms with E-state index in [1.807, 2.05) is 0 Å². The highest BCUT2D eigenvalue weighted by molar-refractivity contribution is 5.64. The molecule has 98 valence electrons. The summed E-state index contributed by atoms with van der Waals surface area (Å²) < 4.78 is 15.7. The Kier molecular flexibility index (Phi) is 2.63. The SMILES string of the molecule is CNc1nonc1-c1noc(=O)n1Cc1ccco1. The van der Waals surface area contributed by atoms with Crippen LogP contribution in [0.3, 0.4) is 0 Å². The number of hydrogen-bond acceptors (Lipinski definition) is 8. The van der Waals surface area contributed by atoms with Gasteiger partial charge in [0.05, 0.1) is 12.8 Å². The monoisotopic (exact) mass is 263 g/mol. The molecule has 0 aliphatic heterocycles. The molecule has 9 heteroatoms. The summed E-state index contributed by atoms with van der Waals surface area (Å²) in [5, 5.41) is 13.8. The number of hydrogen-bond donors (Lipinski definition) is 1. The van der Waals surface area contributed by atoms with Crippen molar-refractivity contribution in [3.8, 4) is 11.5 Å². The molecule has 0 radical (unpaired) electrons. The number of nitrogens with one attached hydrogen (secondary N) is 1. The van der Waals surface area contributed by atoms with Crippen LogP contribution in [0.5, 0.6) is 0 Å². The van der Waals surface area contributed by atoms with Crippen molar-refractivity contribution in [2.24, 2.45) is 0 Å². The Morgan fingerprint density at radius 1 is 1.37 bits per heavy atom. The normalized spacial score (nSPS) is 10.8. The number of rotatable bonds is 4. The molecule has 0 atom stereocenters. The Hall–Kier alpha value is -2.84. The zero-order valence-electron chi connectivity index (χ0n) is 9.86. The maximum absolute atomic E-state index is 11.7. The highest BCUT2D eigenvalue weighted by Gasteiger charge is 2.21. The molecule has 0 aromatic carbocycles. The lowest BCUT2D eigenvalue weighted by Gasteiger charge is -2.00. The molecule has 0 saturated carbocycles. The van der Waals surface area contributed by atoms with Gasteiger partial charge in [-0.1, -0.05) is 5.16 Å². The molecule has 1 N–H and O–H groups in total. The van der Waals surface area contributed by atoms with Crippen molar-refractivity contribution in [3.05, 3.63) is 34.7 Å². The van der Waals surface area contributed by atoms with Gasteiger partial charge in [-0.25, -0.2) is 14.0 Å². The summed E-state index contributed by atoms with van der Waals surface area (Å²) in [6.45, 7) is 0.181. The quantitative estimate of drug-likeness (QED) is 0.726. The zero-order valence-corrected chi connectivity index (χ0v) is 9.86. The third kappa shape index (κ3) is 1.90. The number of nitrogens with zero attached hydrogens (tertiary/aromatic N) is 4. The lowest BCUT2D eigenvalue weighted by atomic mass is 10.3. The Balaban J connectivity index is 2.06. The van der Waals surface area contributed by atoms with E-state index in [4.69, 9.17) is 4.42 Å². The van der Waals surface area contributed by atoms with Crippen molar-refractivity contribution >= 4 is 5.82 Å². The first-order chi connectivity index (χ1) is 9.29. The maximum Gasteiger partial charge on any atom is 0.442 e. The second-order valence-electron chi connectivity index (χ2n) is 3.65. The lowest BCUT2D eigenvalue weighted by molar-refractivity contribution is 0.309. The number of anilines is 1. The summed E-state index contributed by atoms with van der Waals surface area (Å²) in [7, 11) is 1.65. The molecule has 3 aromatic heterocycles. The van der Waals surface area contributed by atoms with Gasteiger partial charge in [-0.2, -0.15) is 0 Å². The third-order valence-corrected chi connectivity index (χ3v) is 2.52. The van der Waals surface area contributed by atoms with Crippen molar-refractivity contribution in [2.45, 2.75) is 6.54 Å². The second-order valence-corrected chi connectivity index (χ2v) is 3.65. The predicted octanol–water partition coefficient (Wildman–Crippen LogP) is 0.569. The molecule has 3 heterocycles. The molecule has 0 fully saturated rings. The minimum atomic E-state index is -0.614. The molecule has 19 heavy (non-hydrogen) atoms. The van der Waals surface area contributed by atoms with Gasteiger partial charge in [-0.3, -0.25) is 4.52 Å². The first-order valence-corrected chi connectivity index (χ1v) is 5.39. The van der Waals surface area contributed by atoms with Gasteiger partial charge in [0.2, 0.25) is 11.6 Å². The largest absolute Gasteiger partial charge is 0.467 e. The van der Waals surface area contributed by atoms with E-state index in [1.54, 1.807) is 19.2 Å². The summed E-state index contributed by atoms with van der Waals surface area (Å²) in [5.41, 5.74) is 0.292. The first kappa shape index (κ1) is 11.3. The van der Waals surface area contributed by atoms with E-state index < -0.39 is 5.76 Å². The van der Waals surface area contributed by atoms with Crippen molar-refractivity contribution in [2.75, 3.05) is 12.4 Å². The van der Waals surface area contributed by atoms with Crippen molar-refractivity contribution in [1.29, 1.82) is 0 Å². The molecule has 0 spiro atoms. The molecule has 3 rings (SSSR count). The smallest absolute Gasteiger partial charge is 0.442 e. The summed E-state index contributed by atoms with van der Waals surface area (Å²) >= 11 is 0. The minimum Gasteiger partial charge on any atom is -0.467 e. The lowest BCUT2D eigenvalue weighted by Crippen LogP contribution is -2.16. The number of furan rings is 1. The molecular weight excluding hydrogens is 254 g/mol. The Bertz CT molecular complexity index is 723. The molecule has 0 aliphatic carbocycles. The first-order valence-electron chi connectivity index (χ1n) is 5.39. The Labute approximate surface area is 105 Å². The minimum absolute atomic E-state index is 0.181. The van der Waals surface area contributed by atoms with Crippen LogP contribution in [-0.4, -0.2) is 27.1 Å². The molecule has 0 bridgehead atoms. The standard InChI is InChI=1S/C10H9N5O4/c1-11-8-7(12-19-13-8)9-14-18-10(16)15(9)5-6-3-2-4-17-6/h2-4H,5H2,1H3,(H,11,13). The van der Waals surface area contributed by atoms with Crippen LogP contribution in [0.25, 0.3) is 11.5 Å². The van der Waals surface area contributed by atoms with Gasteiger partial charge in [-0.05, 0) is 22.4 Å². The van der Waals surface area contributed by atoms with E-state index in [1.165, 1.54) is 10.8 Å². The maximum atomic E-state index is 11.7. The molecular formula is C10H9N5O4. The molecule has 0 amide bonds. The summed E-state index contributed by atoms with van der Waals surface area (Å²) in [6.07, 6.45) is 1.52. The predicted molar refractivity (Wildman–Crippen MR) is 61.4 cm³/mol. The van der Waals surface area contributed by atoms with Gasteiger partial charge in [0.15, 0.2) is 5.69 Å². The van der Waals surface area contributed by atoms with Crippen LogP contribution >= 0.6 is 0 Å². The Morgan fingerprint density at radius 3 is 3.00 bits per heavy atom. The molecule has 0 unspecified atom stereocenters. The highest BCUT2D eigenvalue weighted by atomic mass is 16.6. The fraction of sp³-hybridized carbons (Fsp3) is 0.200. The van der Waals surface area contributed by atoms with Crippen LogP contribution in [0.15, 0.2) is 36.8 Å². The molecule has 0 saturated heterocycles. The zero-order chi connectivity index (χ0) is 13.2. The van der Waals surface area contributed by atoms with Gasteiger partial charge in [-0.15, -0.1) is 0 Å². The van der Waals surface area contributed by atoms with Gasteiger partial charge >= 0.3 is 5.76 Å². The third-order valence-electron chi connectivity index (χ3n) is 2.52. The summed E-state index contributed by atoms with van der Waals surface area (Å²) in [4.78, 5) is 11.7. The van der Waals surface area contributed by atoms with Crippen LogP contribution in [0, 0.1) is 0 Å². The van der Waals surface area contributed by atoms with Crippen molar-refractivity contribution in [1.82, 2.24) is 20.0 Å². The van der Waals surface area contributed by atoms with E-state index in [0.29, 0.717) is 17.3 Å². The fourth-order valence-corrected chi connectivity index (χ4v) is 1.64. The second kappa shape index (κ2) is 4.44. The number of aromatic nitrogens is 4. The van der Waals surface area contributed by atoms with E-state index in [9.17, 15) is 4.79 Å². The van der Waals surface area contributed by atoms with Crippen LogP contribution in [-0.2, 0) is 6.54 Å². The van der Waals surface area contributed by atoms with Gasteiger partial charge in [0.25, 0.3) is 0 Å². The summed E-state index contributed by atoms with van der Waals surface area (Å²) in [6, 6.07) is 3.47. The van der Waals surface area contributed by atoms with Gasteiger partial charge in [0, 0.05) is 7.05 Å². The molecule has 9 nitrogen and oxygen atoms in total.